The molecule has 0 aromatic heterocycles. The van der Waals surface area contributed by atoms with Crippen LogP contribution < -0.4 is 5.32 Å². The Kier molecular flexibility index (Phi) is 4.75. The van der Waals surface area contributed by atoms with Crippen LogP contribution in [-0.2, 0) is 4.79 Å². The summed E-state index contributed by atoms with van der Waals surface area (Å²) in [5.74, 6) is -1.53. The molecule has 2 rings (SSSR count). The zero-order valence-electron chi connectivity index (χ0n) is 11.3. The monoisotopic (exact) mass is 347 g/mol. The predicted octanol–water partition coefficient (Wildman–Crippen LogP) is 3.31. The highest BCUT2D eigenvalue weighted by atomic mass is 79.9. The molecule has 0 fully saturated rings. The van der Waals surface area contributed by atoms with Crippen molar-refractivity contribution in [2.24, 2.45) is 0 Å². The van der Waals surface area contributed by atoms with Gasteiger partial charge in [0.1, 0.15) is 0 Å². The SMILES string of the molecule is Cc1cccc(C(=O)N[C@H](C(=O)O)c2ccccc2)c1Br. The minimum atomic E-state index is -1.10. The second-order valence-corrected chi connectivity index (χ2v) is 5.38. The van der Waals surface area contributed by atoms with Crippen LogP contribution in [-0.4, -0.2) is 17.0 Å². The van der Waals surface area contributed by atoms with Crippen molar-refractivity contribution in [3.63, 3.8) is 0 Å². The van der Waals surface area contributed by atoms with E-state index in [1.54, 1.807) is 42.5 Å². The number of carbonyl (C=O) groups excluding carboxylic acids is 1. The molecule has 0 unspecified atom stereocenters. The Morgan fingerprint density at radius 2 is 1.76 bits per heavy atom. The number of carboxylic acids is 1. The van der Waals surface area contributed by atoms with Crippen LogP contribution in [0.3, 0.4) is 0 Å². The van der Waals surface area contributed by atoms with Gasteiger partial charge in [-0.25, -0.2) is 4.79 Å². The highest BCUT2D eigenvalue weighted by molar-refractivity contribution is 9.10. The summed E-state index contributed by atoms with van der Waals surface area (Å²) in [6.07, 6.45) is 0. The summed E-state index contributed by atoms with van der Waals surface area (Å²) < 4.78 is 0.666. The van der Waals surface area contributed by atoms with Crippen molar-refractivity contribution >= 4 is 27.8 Å². The maximum atomic E-state index is 12.3. The Labute approximate surface area is 130 Å². The standard InChI is InChI=1S/C16H14BrNO3/c1-10-6-5-9-12(13(10)17)15(19)18-14(16(20)21)11-7-3-2-4-8-11/h2-9,14H,1H3,(H,18,19)(H,20,21)/t14-/m0/s1. The summed E-state index contributed by atoms with van der Waals surface area (Å²) in [5.41, 5.74) is 1.86. The van der Waals surface area contributed by atoms with E-state index in [1.807, 2.05) is 13.0 Å². The molecule has 2 aromatic rings. The van der Waals surface area contributed by atoms with E-state index in [2.05, 4.69) is 21.2 Å². The van der Waals surface area contributed by atoms with E-state index in [-0.39, 0.29) is 0 Å². The van der Waals surface area contributed by atoms with E-state index in [0.717, 1.165) is 5.56 Å². The van der Waals surface area contributed by atoms with Gasteiger partial charge in [0.05, 0.1) is 5.56 Å². The Hall–Kier alpha value is -2.14. The number of aryl methyl sites for hydroxylation is 1. The Morgan fingerprint density at radius 3 is 2.38 bits per heavy atom. The van der Waals surface area contributed by atoms with E-state index >= 15 is 0 Å². The van der Waals surface area contributed by atoms with Crippen LogP contribution in [0.15, 0.2) is 53.0 Å². The quantitative estimate of drug-likeness (QED) is 0.891. The van der Waals surface area contributed by atoms with Gasteiger partial charge in [-0.15, -0.1) is 0 Å². The van der Waals surface area contributed by atoms with Crippen LogP contribution in [0.25, 0.3) is 0 Å². The van der Waals surface area contributed by atoms with Gasteiger partial charge in [0.15, 0.2) is 6.04 Å². The average Bonchev–Trinajstić information content (AvgIpc) is 2.48. The van der Waals surface area contributed by atoms with Crippen LogP contribution in [0.5, 0.6) is 0 Å². The molecule has 21 heavy (non-hydrogen) atoms. The van der Waals surface area contributed by atoms with Crippen molar-refractivity contribution in [1.82, 2.24) is 5.32 Å². The first-order valence-corrected chi connectivity index (χ1v) is 7.13. The molecule has 0 radical (unpaired) electrons. The second-order valence-electron chi connectivity index (χ2n) is 4.59. The van der Waals surface area contributed by atoms with Crippen LogP contribution in [0, 0.1) is 6.92 Å². The third-order valence-electron chi connectivity index (χ3n) is 3.09. The molecular formula is C16H14BrNO3. The number of hydrogen-bond donors (Lipinski definition) is 2. The molecule has 0 bridgehead atoms. The summed E-state index contributed by atoms with van der Waals surface area (Å²) in [7, 11) is 0. The number of hydrogen-bond acceptors (Lipinski definition) is 2. The number of amides is 1. The van der Waals surface area contributed by atoms with Crippen LogP contribution in [0.4, 0.5) is 0 Å². The molecule has 2 N–H and O–H groups in total. The van der Waals surface area contributed by atoms with Crippen molar-refractivity contribution < 1.29 is 14.7 Å². The number of nitrogens with one attached hydrogen (secondary N) is 1. The zero-order valence-corrected chi connectivity index (χ0v) is 12.9. The molecule has 0 aliphatic rings. The van der Waals surface area contributed by atoms with Gasteiger partial charge >= 0.3 is 5.97 Å². The molecule has 1 amide bonds. The molecule has 2 aromatic carbocycles. The van der Waals surface area contributed by atoms with Gasteiger partial charge in [-0.3, -0.25) is 4.79 Å². The highest BCUT2D eigenvalue weighted by Gasteiger charge is 2.23. The lowest BCUT2D eigenvalue weighted by Gasteiger charge is -2.16. The van der Waals surface area contributed by atoms with Gasteiger partial charge in [-0.2, -0.15) is 0 Å². The number of rotatable bonds is 4. The smallest absolute Gasteiger partial charge is 0.330 e. The second kappa shape index (κ2) is 6.54. The topological polar surface area (TPSA) is 66.4 Å². The summed E-state index contributed by atoms with van der Waals surface area (Å²) in [4.78, 5) is 23.7. The van der Waals surface area contributed by atoms with E-state index < -0.39 is 17.9 Å². The lowest BCUT2D eigenvalue weighted by atomic mass is 10.1. The number of carboxylic acid groups (broad SMARTS) is 1. The molecular weight excluding hydrogens is 334 g/mol. The predicted molar refractivity (Wildman–Crippen MR) is 83.2 cm³/mol. The molecule has 1 atom stereocenters. The Bertz CT molecular complexity index is 670. The zero-order chi connectivity index (χ0) is 15.4. The van der Waals surface area contributed by atoms with Gasteiger partial charge in [-0.1, -0.05) is 42.5 Å². The van der Waals surface area contributed by atoms with Gasteiger partial charge in [0.2, 0.25) is 0 Å². The van der Waals surface area contributed by atoms with Crippen molar-refractivity contribution in [2.45, 2.75) is 13.0 Å². The Balaban J connectivity index is 2.28. The fourth-order valence-electron chi connectivity index (χ4n) is 1.96. The third kappa shape index (κ3) is 3.49. The van der Waals surface area contributed by atoms with Crippen molar-refractivity contribution in [3.05, 3.63) is 69.7 Å². The summed E-state index contributed by atoms with van der Waals surface area (Å²) in [6.45, 7) is 1.87. The molecule has 0 aliphatic carbocycles. The number of benzene rings is 2. The van der Waals surface area contributed by atoms with E-state index in [0.29, 0.717) is 15.6 Å². The lowest BCUT2D eigenvalue weighted by Crippen LogP contribution is -2.34. The minimum Gasteiger partial charge on any atom is -0.479 e. The van der Waals surface area contributed by atoms with Gasteiger partial charge in [0, 0.05) is 4.47 Å². The summed E-state index contributed by atoms with van der Waals surface area (Å²) in [5, 5.41) is 11.9. The normalized spacial score (nSPS) is 11.7. The van der Waals surface area contributed by atoms with Crippen LogP contribution >= 0.6 is 15.9 Å². The maximum absolute atomic E-state index is 12.3. The van der Waals surface area contributed by atoms with E-state index in [9.17, 15) is 14.7 Å². The largest absolute Gasteiger partial charge is 0.479 e. The molecule has 108 valence electrons. The fraction of sp³-hybridized carbons (Fsp3) is 0.125. The van der Waals surface area contributed by atoms with Crippen molar-refractivity contribution in [3.8, 4) is 0 Å². The number of halogens is 1. The van der Waals surface area contributed by atoms with Gasteiger partial charge in [0.25, 0.3) is 5.91 Å². The van der Waals surface area contributed by atoms with Crippen LogP contribution in [0.2, 0.25) is 0 Å². The lowest BCUT2D eigenvalue weighted by molar-refractivity contribution is -0.139. The molecule has 0 saturated carbocycles. The third-order valence-corrected chi connectivity index (χ3v) is 4.14. The molecule has 5 heteroatoms. The molecule has 0 aliphatic heterocycles. The van der Waals surface area contributed by atoms with Crippen molar-refractivity contribution in [1.29, 1.82) is 0 Å². The van der Waals surface area contributed by atoms with Crippen LogP contribution in [0.1, 0.15) is 27.5 Å². The average molecular weight is 348 g/mol. The Morgan fingerprint density at radius 1 is 1.10 bits per heavy atom. The first-order valence-electron chi connectivity index (χ1n) is 6.34. The van der Waals surface area contributed by atoms with Crippen molar-refractivity contribution in [2.75, 3.05) is 0 Å². The first-order chi connectivity index (χ1) is 10.0. The molecule has 4 nitrogen and oxygen atoms in total. The van der Waals surface area contributed by atoms with Gasteiger partial charge < -0.3 is 10.4 Å². The summed E-state index contributed by atoms with van der Waals surface area (Å²) >= 11 is 3.36. The number of carbonyl (C=O) groups is 2. The first kappa shape index (κ1) is 15.3. The van der Waals surface area contributed by atoms with Gasteiger partial charge in [-0.05, 0) is 40.0 Å². The molecule has 0 saturated heterocycles. The number of aliphatic carboxylic acids is 1. The minimum absolute atomic E-state index is 0.414. The van der Waals surface area contributed by atoms with E-state index in [4.69, 9.17) is 0 Å². The maximum Gasteiger partial charge on any atom is 0.330 e. The molecule has 0 heterocycles. The highest BCUT2D eigenvalue weighted by Crippen LogP contribution is 2.22. The van der Waals surface area contributed by atoms with E-state index in [1.165, 1.54) is 0 Å². The fourth-order valence-corrected chi connectivity index (χ4v) is 2.41. The summed E-state index contributed by atoms with van der Waals surface area (Å²) in [6, 6.07) is 12.8. The molecule has 0 spiro atoms.